The van der Waals surface area contributed by atoms with E-state index in [0.717, 1.165) is 10.4 Å². The minimum atomic E-state index is -0.378. The second-order valence-electron chi connectivity index (χ2n) is 4.42. The second kappa shape index (κ2) is 6.68. The van der Waals surface area contributed by atoms with E-state index in [1.807, 2.05) is 20.2 Å². The summed E-state index contributed by atoms with van der Waals surface area (Å²) in [5, 5.41) is 11.3. The normalized spacial score (nSPS) is 10.2. The number of thiophene rings is 1. The Morgan fingerprint density at radius 3 is 2.95 bits per heavy atom. The molecule has 0 saturated carbocycles. The quantitative estimate of drug-likeness (QED) is 0.663. The van der Waals surface area contributed by atoms with Gasteiger partial charge in [-0.2, -0.15) is 5.10 Å². The van der Waals surface area contributed by atoms with Crippen molar-refractivity contribution in [3.05, 3.63) is 34.5 Å². The van der Waals surface area contributed by atoms with Gasteiger partial charge in [-0.15, -0.1) is 11.3 Å². The number of aromatic nitrogens is 2. The fourth-order valence-electron chi connectivity index (χ4n) is 1.76. The van der Waals surface area contributed by atoms with Crippen molar-refractivity contribution in [3.63, 3.8) is 0 Å². The number of hydrogen-bond acceptors (Lipinski definition) is 5. The minimum Gasteiger partial charge on any atom is -0.465 e. The van der Waals surface area contributed by atoms with Crippen LogP contribution in [0.2, 0.25) is 0 Å². The summed E-state index contributed by atoms with van der Waals surface area (Å²) in [6.07, 6.45) is 3.68. The molecule has 0 fully saturated rings. The topological polar surface area (TPSA) is 68.2 Å². The lowest BCUT2D eigenvalue weighted by molar-refractivity contribution is 0.0602. The Kier molecular flexibility index (Phi) is 4.92. The number of methoxy groups -OCH3 is 1. The molecule has 2 aromatic heterocycles. The van der Waals surface area contributed by atoms with Crippen molar-refractivity contribution < 1.29 is 9.53 Å². The van der Waals surface area contributed by atoms with Crippen LogP contribution in [0, 0.1) is 6.92 Å². The molecule has 0 aliphatic rings. The van der Waals surface area contributed by atoms with Crippen LogP contribution in [0.15, 0.2) is 18.5 Å². The Labute approximate surface area is 132 Å². The van der Waals surface area contributed by atoms with Crippen LogP contribution in [0.3, 0.4) is 0 Å². The average molecular weight is 324 g/mol. The Morgan fingerprint density at radius 2 is 2.33 bits per heavy atom. The zero-order chi connectivity index (χ0) is 15.4. The highest BCUT2D eigenvalue weighted by Crippen LogP contribution is 2.28. The van der Waals surface area contributed by atoms with Crippen molar-refractivity contribution in [3.8, 4) is 0 Å². The van der Waals surface area contributed by atoms with Crippen molar-refractivity contribution in [1.29, 1.82) is 0 Å². The number of nitrogens with one attached hydrogen (secondary N) is 2. The summed E-state index contributed by atoms with van der Waals surface area (Å²) in [5.41, 5.74) is 1.52. The van der Waals surface area contributed by atoms with Gasteiger partial charge in [-0.25, -0.2) is 4.79 Å². The van der Waals surface area contributed by atoms with Gasteiger partial charge < -0.3 is 15.4 Å². The highest BCUT2D eigenvalue weighted by atomic mass is 32.1. The van der Waals surface area contributed by atoms with E-state index < -0.39 is 0 Å². The molecule has 0 unspecified atom stereocenters. The lowest BCUT2D eigenvalue weighted by Crippen LogP contribution is -2.28. The van der Waals surface area contributed by atoms with Crippen LogP contribution in [0.4, 0.5) is 5.00 Å². The number of carbonyl (C=O) groups excluding carboxylic acids is 1. The Morgan fingerprint density at radius 1 is 1.57 bits per heavy atom. The number of carbonyl (C=O) groups is 1. The number of ether oxygens (including phenoxy) is 1. The van der Waals surface area contributed by atoms with E-state index in [4.69, 9.17) is 17.0 Å². The number of anilines is 1. The zero-order valence-electron chi connectivity index (χ0n) is 12.0. The molecule has 0 aliphatic heterocycles. The molecule has 21 heavy (non-hydrogen) atoms. The van der Waals surface area contributed by atoms with Gasteiger partial charge in [-0.1, -0.05) is 0 Å². The van der Waals surface area contributed by atoms with Crippen molar-refractivity contribution in [1.82, 2.24) is 15.1 Å². The van der Waals surface area contributed by atoms with Crippen molar-refractivity contribution >= 4 is 39.6 Å². The maximum Gasteiger partial charge on any atom is 0.340 e. The van der Waals surface area contributed by atoms with Gasteiger partial charge >= 0.3 is 5.97 Å². The first kappa shape index (κ1) is 15.5. The van der Waals surface area contributed by atoms with E-state index >= 15 is 0 Å². The number of rotatable bonds is 4. The minimum absolute atomic E-state index is 0.378. The van der Waals surface area contributed by atoms with E-state index in [2.05, 4.69) is 15.7 Å². The molecule has 0 radical (unpaired) electrons. The highest BCUT2D eigenvalue weighted by molar-refractivity contribution is 7.80. The van der Waals surface area contributed by atoms with Gasteiger partial charge in [0, 0.05) is 30.2 Å². The Bertz CT molecular complexity index is 663. The third-order valence-corrected chi connectivity index (χ3v) is 3.91. The molecule has 8 heteroatoms. The Balaban J connectivity index is 1.98. The number of hydrogen-bond donors (Lipinski definition) is 2. The first-order chi connectivity index (χ1) is 9.99. The van der Waals surface area contributed by atoms with Gasteiger partial charge in [0.05, 0.1) is 18.9 Å². The SMILES string of the molecule is COC(=O)c1cc(C)sc1NC(=S)NCc1cnn(C)c1. The molecule has 0 aromatic carbocycles. The van der Waals surface area contributed by atoms with Crippen molar-refractivity contribution in [2.24, 2.45) is 7.05 Å². The summed E-state index contributed by atoms with van der Waals surface area (Å²) < 4.78 is 6.48. The van der Waals surface area contributed by atoms with Crippen LogP contribution in [0.25, 0.3) is 0 Å². The second-order valence-corrected chi connectivity index (χ2v) is 6.09. The molecule has 112 valence electrons. The van der Waals surface area contributed by atoms with Crippen LogP contribution in [-0.2, 0) is 18.3 Å². The fraction of sp³-hybridized carbons (Fsp3) is 0.308. The van der Waals surface area contributed by atoms with E-state index in [9.17, 15) is 4.79 Å². The molecule has 2 rings (SSSR count). The van der Waals surface area contributed by atoms with Gasteiger partial charge in [-0.3, -0.25) is 4.68 Å². The number of nitrogens with zero attached hydrogens (tertiary/aromatic N) is 2. The molecule has 2 aromatic rings. The standard InChI is InChI=1S/C13H16N4O2S2/c1-8-4-10(12(18)19-3)11(21-8)16-13(20)14-5-9-6-15-17(2)7-9/h4,6-7H,5H2,1-3H3,(H2,14,16,20). The van der Waals surface area contributed by atoms with Crippen molar-refractivity contribution in [2.75, 3.05) is 12.4 Å². The van der Waals surface area contributed by atoms with Crippen LogP contribution in [0.5, 0.6) is 0 Å². The molecule has 2 N–H and O–H groups in total. The van der Waals surface area contributed by atoms with Crippen molar-refractivity contribution in [2.45, 2.75) is 13.5 Å². The maximum atomic E-state index is 11.7. The summed E-state index contributed by atoms with van der Waals surface area (Å²) in [4.78, 5) is 12.7. The van der Waals surface area contributed by atoms with E-state index in [1.54, 1.807) is 16.9 Å². The molecule has 0 amide bonds. The number of thiocarbonyl (C=S) groups is 1. The summed E-state index contributed by atoms with van der Waals surface area (Å²) in [7, 11) is 3.22. The van der Waals surface area contributed by atoms with E-state index in [0.29, 0.717) is 22.2 Å². The van der Waals surface area contributed by atoms with E-state index in [-0.39, 0.29) is 5.97 Å². The van der Waals surface area contributed by atoms with Crippen LogP contribution in [-0.4, -0.2) is 28.0 Å². The number of aryl methyl sites for hydroxylation is 2. The lowest BCUT2D eigenvalue weighted by atomic mass is 10.3. The van der Waals surface area contributed by atoms with Gasteiger partial charge in [0.1, 0.15) is 5.00 Å². The first-order valence-corrected chi connectivity index (χ1v) is 7.43. The largest absolute Gasteiger partial charge is 0.465 e. The van der Waals surface area contributed by atoms with Crippen LogP contribution < -0.4 is 10.6 Å². The molecule has 0 saturated heterocycles. The summed E-state index contributed by atoms with van der Waals surface area (Å²) in [6, 6.07) is 1.78. The summed E-state index contributed by atoms with van der Waals surface area (Å²) in [6.45, 7) is 2.49. The molecule has 6 nitrogen and oxygen atoms in total. The molecule has 0 spiro atoms. The summed E-state index contributed by atoms with van der Waals surface area (Å²) in [5.74, 6) is -0.378. The van der Waals surface area contributed by atoms with Gasteiger partial charge in [0.15, 0.2) is 5.11 Å². The molecule has 0 atom stereocenters. The van der Waals surface area contributed by atoms with Gasteiger partial charge in [-0.05, 0) is 25.2 Å². The predicted octanol–water partition coefficient (Wildman–Crippen LogP) is 2.06. The Hall–Kier alpha value is -1.93. The predicted molar refractivity (Wildman–Crippen MR) is 86.7 cm³/mol. The third-order valence-electron chi connectivity index (χ3n) is 2.70. The van der Waals surface area contributed by atoms with Gasteiger partial charge in [0.25, 0.3) is 0 Å². The average Bonchev–Trinajstić information content (AvgIpc) is 3.01. The van der Waals surface area contributed by atoms with Crippen LogP contribution >= 0.6 is 23.6 Å². The molecule has 2 heterocycles. The maximum absolute atomic E-state index is 11.7. The zero-order valence-corrected chi connectivity index (χ0v) is 13.6. The number of esters is 1. The molecular formula is C13H16N4O2S2. The fourth-order valence-corrected chi connectivity index (χ4v) is 2.90. The highest BCUT2D eigenvalue weighted by Gasteiger charge is 2.16. The lowest BCUT2D eigenvalue weighted by Gasteiger charge is -2.09. The summed E-state index contributed by atoms with van der Waals surface area (Å²) >= 11 is 6.70. The van der Waals surface area contributed by atoms with Crippen LogP contribution in [0.1, 0.15) is 20.8 Å². The molecular weight excluding hydrogens is 308 g/mol. The molecule has 0 bridgehead atoms. The monoisotopic (exact) mass is 324 g/mol. The third kappa shape index (κ3) is 4.02. The molecule has 0 aliphatic carbocycles. The van der Waals surface area contributed by atoms with Gasteiger partial charge in [0.2, 0.25) is 0 Å². The first-order valence-electron chi connectivity index (χ1n) is 6.20. The smallest absolute Gasteiger partial charge is 0.340 e. The van der Waals surface area contributed by atoms with E-state index in [1.165, 1.54) is 18.4 Å².